The molecule has 1 saturated heterocycles. The van der Waals surface area contributed by atoms with Crippen molar-refractivity contribution in [2.45, 2.75) is 26.7 Å². The number of aryl methyl sites for hydroxylation is 1. The molecule has 2 rings (SSSR count). The molecule has 0 aromatic heterocycles. The fourth-order valence-electron chi connectivity index (χ4n) is 2.52. The summed E-state index contributed by atoms with van der Waals surface area (Å²) in [4.78, 5) is 12.2. The number of amides is 1. The second kappa shape index (κ2) is 7.58. The van der Waals surface area contributed by atoms with Gasteiger partial charge in [-0.2, -0.15) is 11.8 Å². The van der Waals surface area contributed by atoms with Gasteiger partial charge >= 0.3 is 0 Å². The molecule has 0 saturated carbocycles. The first kappa shape index (κ1) is 15.2. The summed E-state index contributed by atoms with van der Waals surface area (Å²) >= 11 is 2.02. The highest BCUT2D eigenvalue weighted by atomic mass is 32.2. The summed E-state index contributed by atoms with van der Waals surface area (Å²) < 4.78 is 0. The molecule has 110 valence electrons. The third-order valence-electron chi connectivity index (χ3n) is 3.74. The highest BCUT2D eigenvalue weighted by Crippen LogP contribution is 2.22. The van der Waals surface area contributed by atoms with Gasteiger partial charge in [-0.05, 0) is 67.9 Å². The average Bonchev–Trinajstić information content (AvgIpc) is 2.46. The lowest BCUT2D eigenvalue weighted by atomic mass is 10.0. The number of hydrogen-bond acceptors (Lipinski definition) is 3. The lowest BCUT2D eigenvalue weighted by Crippen LogP contribution is -2.31. The van der Waals surface area contributed by atoms with Gasteiger partial charge in [0.2, 0.25) is 0 Å². The van der Waals surface area contributed by atoms with Crippen LogP contribution in [0.5, 0.6) is 0 Å². The van der Waals surface area contributed by atoms with Gasteiger partial charge in [0.25, 0.3) is 5.91 Å². The van der Waals surface area contributed by atoms with Crippen molar-refractivity contribution < 1.29 is 4.79 Å². The molecule has 0 atom stereocenters. The van der Waals surface area contributed by atoms with Gasteiger partial charge in [-0.25, -0.2) is 0 Å². The summed E-state index contributed by atoms with van der Waals surface area (Å²) in [7, 11) is 0. The van der Waals surface area contributed by atoms with Crippen molar-refractivity contribution in [1.29, 1.82) is 0 Å². The molecule has 3 nitrogen and oxygen atoms in total. The van der Waals surface area contributed by atoms with E-state index in [1.807, 2.05) is 36.9 Å². The monoisotopic (exact) mass is 292 g/mol. The molecule has 2 N–H and O–H groups in total. The van der Waals surface area contributed by atoms with Crippen molar-refractivity contribution in [3.63, 3.8) is 0 Å². The highest BCUT2D eigenvalue weighted by molar-refractivity contribution is 7.99. The van der Waals surface area contributed by atoms with Crippen LogP contribution in [0.15, 0.2) is 18.2 Å². The molecule has 1 aliphatic rings. The third kappa shape index (κ3) is 4.17. The second-order valence-corrected chi connectivity index (χ2v) is 6.55. The van der Waals surface area contributed by atoms with E-state index in [1.165, 1.54) is 24.3 Å². The van der Waals surface area contributed by atoms with E-state index >= 15 is 0 Å². The largest absolute Gasteiger partial charge is 0.385 e. The highest BCUT2D eigenvalue weighted by Gasteiger charge is 2.16. The van der Waals surface area contributed by atoms with Crippen molar-refractivity contribution in [3.8, 4) is 0 Å². The van der Waals surface area contributed by atoms with Crippen LogP contribution in [-0.2, 0) is 0 Å². The normalized spacial score (nSPS) is 15.9. The molecule has 1 aliphatic heterocycles. The Morgan fingerprint density at radius 3 is 2.75 bits per heavy atom. The van der Waals surface area contributed by atoms with Crippen molar-refractivity contribution in [3.05, 3.63) is 29.3 Å². The molecule has 0 unspecified atom stereocenters. The number of benzene rings is 1. The molecule has 0 radical (unpaired) electrons. The van der Waals surface area contributed by atoms with Crippen LogP contribution in [0.2, 0.25) is 0 Å². The number of hydrogen-bond donors (Lipinski definition) is 2. The molecule has 20 heavy (non-hydrogen) atoms. The van der Waals surface area contributed by atoms with Crippen LogP contribution in [0.25, 0.3) is 0 Å². The van der Waals surface area contributed by atoms with E-state index in [9.17, 15) is 4.79 Å². The summed E-state index contributed by atoms with van der Waals surface area (Å²) in [5, 5.41) is 6.36. The van der Waals surface area contributed by atoms with Crippen LogP contribution in [0.4, 0.5) is 5.69 Å². The maximum atomic E-state index is 12.2. The van der Waals surface area contributed by atoms with Gasteiger partial charge in [-0.1, -0.05) is 0 Å². The summed E-state index contributed by atoms with van der Waals surface area (Å²) in [6.45, 7) is 5.77. The maximum absolute atomic E-state index is 12.2. The molecular weight excluding hydrogens is 268 g/mol. The Hall–Kier alpha value is -1.16. The zero-order chi connectivity index (χ0) is 14.4. The minimum atomic E-state index is 0.0591. The topological polar surface area (TPSA) is 41.1 Å². The van der Waals surface area contributed by atoms with Gasteiger partial charge in [-0.15, -0.1) is 0 Å². The van der Waals surface area contributed by atoms with Crippen molar-refractivity contribution in [1.82, 2.24) is 5.32 Å². The quantitative estimate of drug-likeness (QED) is 0.875. The lowest BCUT2D eigenvalue weighted by molar-refractivity contribution is 0.0946. The van der Waals surface area contributed by atoms with E-state index < -0.39 is 0 Å². The Labute approximate surface area is 125 Å². The summed E-state index contributed by atoms with van der Waals surface area (Å²) in [6.07, 6.45) is 2.45. The first-order valence-electron chi connectivity index (χ1n) is 7.41. The Bertz CT molecular complexity index is 456. The zero-order valence-electron chi connectivity index (χ0n) is 12.4. The predicted molar refractivity (Wildman–Crippen MR) is 87.7 cm³/mol. The van der Waals surface area contributed by atoms with E-state index in [2.05, 4.69) is 17.6 Å². The number of rotatable bonds is 5. The number of anilines is 1. The summed E-state index contributed by atoms with van der Waals surface area (Å²) in [6, 6.07) is 5.93. The van der Waals surface area contributed by atoms with Crippen LogP contribution in [-0.4, -0.2) is 30.5 Å². The van der Waals surface area contributed by atoms with Gasteiger partial charge in [0, 0.05) is 24.3 Å². The molecule has 0 spiro atoms. The number of carbonyl (C=O) groups is 1. The average molecular weight is 292 g/mol. The number of thioether (sulfide) groups is 1. The smallest absolute Gasteiger partial charge is 0.251 e. The van der Waals surface area contributed by atoms with Crippen molar-refractivity contribution in [2.75, 3.05) is 29.9 Å². The molecule has 1 aromatic carbocycles. The fraction of sp³-hybridized carbons (Fsp3) is 0.562. The molecule has 1 amide bonds. The van der Waals surface area contributed by atoms with E-state index in [0.29, 0.717) is 5.92 Å². The Kier molecular flexibility index (Phi) is 5.77. The van der Waals surface area contributed by atoms with Crippen molar-refractivity contribution in [2.24, 2.45) is 5.92 Å². The zero-order valence-corrected chi connectivity index (χ0v) is 13.2. The predicted octanol–water partition coefficient (Wildman–Crippen LogP) is 3.30. The Morgan fingerprint density at radius 2 is 2.10 bits per heavy atom. The molecule has 1 aromatic rings. The Balaban J connectivity index is 1.91. The van der Waals surface area contributed by atoms with E-state index in [1.54, 1.807) is 0 Å². The summed E-state index contributed by atoms with van der Waals surface area (Å²) in [5.41, 5.74) is 2.89. The molecular formula is C16H24N2OS. The van der Waals surface area contributed by atoms with Gasteiger partial charge in [0.1, 0.15) is 0 Å². The van der Waals surface area contributed by atoms with Crippen LogP contribution in [0.1, 0.15) is 35.7 Å². The van der Waals surface area contributed by atoms with Crippen LogP contribution < -0.4 is 10.6 Å². The fourth-order valence-corrected chi connectivity index (χ4v) is 3.72. The minimum Gasteiger partial charge on any atom is -0.385 e. The molecule has 4 heteroatoms. The maximum Gasteiger partial charge on any atom is 0.251 e. The molecule has 0 bridgehead atoms. The van der Waals surface area contributed by atoms with Crippen molar-refractivity contribution >= 4 is 23.4 Å². The Morgan fingerprint density at radius 1 is 1.35 bits per heavy atom. The summed E-state index contributed by atoms with van der Waals surface area (Å²) in [5.74, 6) is 3.18. The minimum absolute atomic E-state index is 0.0591. The van der Waals surface area contributed by atoms with Gasteiger partial charge < -0.3 is 10.6 Å². The third-order valence-corrected chi connectivity index (χ3v) is 4.79. The first-order chi connectivity index (χ1) is 9.70. The van der Waals surface area contributed by atoms with Gasteiger partial charge in [0.05, 0.1) is 0 Å². The molecule has 1 heterocycles. The second-order valence-electron chi connectivity index (χ2n) is 5.33. The molecule has 0 aliphatic carbocycles. The SMILES string of the molecule is CCNc1ccc(C(=O)NCC2CCSCC2)c(C)c1. The van der Waals surface area contributed by atoms with E-state index in [4.69, 9.17) is 0 Å². The number of carbonyl (C=O) groups excluding carboxylic acids is 1. The first-order valence-corrected chi connectivity index (χ1v) is 8.56. The molecule has 1 fully saturated rings. The number of nitrogens with one attached hydrogen (secondary N) is 2. The lowest BCUT2D eigenvalue weighted by Gasteiger charge is -2.21. The van der Waals surface area contributed by atoms with Crippen LogP contribution in [0, 0.1) is 12.8 Å². The van der Waals surface area contributed by atoms with Gasteiger partial charge in [0.15, 0.2) is 0 Å². The van der Waals surface area contributed by atoms with E-state index in [-0.39, 0.29) is 5.91 Å². The van der Waals surface area contributed by atoms with Crippen LogP contribution in [0.3, 0.4) is 0 Å². The van der Waals surface area contributed by atoms with E-state index in [0.717, 1.165) is 29.9 Å². The standard InChI is InChI=1S/C16H24N2OS/c1-3-17-14-4-5-15(12(2)10-14)16(19)18-11-13-6-8-20-9-7-13/h4-5,10,13,17H,3,6-9,11H2,1-2H3,(H,18,19). The van der Waals surface area contributed by atoms with Crippen LogP contribution >= 0.6 is 11.8 Å². The van der Waals surface area contributed by atoms with Gasteiger partial charge in [-0.3, -0.25) is 4.79 Å².